The number of hydrogen-bond acceptors (Lipinski definition) is 5. The Morgan fingerprint density at radius 1 is 1.23 bits per heavy atom. The van der Waals surface area contributed by atoms with Gasteiger partial charge in [-0.1, -0.05) is 0 Å². The maximum Gasteiger partial charge on any atom is 0.328 e. The smallest absolute Gasteiger partial charge is 0.328 e. The molecule has 0 radical (unpaired) electrons. The minimum atomic E-state index is -1.53. The van der Waals surface area contributed by atoms with Gasteiger partial charge in [0.1, 0.15) is 5.82 Å². The van der Waals surface area contributed by atoms with Gasteiger partial charge in [-0.3, -0.25) is 20.2 Å². The number of rotatable bonds is 0. The summed E-state index contributed by atoms with van der Waals surface area (Å²) in [6.45, 7) is 4.07. The Kier molecular flexibility index (Phi) is 3.85. The van der Waals surface area contributed by atoms with Crippen LogP contribution in [0.25, 0.3) is 0 Å². The Balaban J connectivity index is 1.93. The van der Waals surface area contributed by atoms with Gasteiger partial charge >= 0.3 is 6.03 Å². The summed E-state index contributed by atoms with van der Waals surface area (Å²) in [5.74, 6) is -1.73. The van der Waals surface area contributed by atoms with E-state index in [-0.39, 0.29) is 17.0 Å². The van der Waals surface area contributed by atoms with E-state index in [4.69, 9.17) is 4.74 Å². The van der Waals surface area contributed by atoms with Gasteiger partial charge in [-0.15, -0.1) is 0 Å². The van der Waals surface area contributed by atoms with Crippen molar-refractivity contribution in [3.8, 4) is 0 Å². The van der Waals surface area contributed by atoms with Crippen molar-refractivity contribution >= 4 is 39.5 Å². The third-order valence-electron chi connectivity index (χ3n) is 5.35. The SMILES string of the molecule is C[C@@H]1CN2c3cc(F)c(Br)cc3CC3(C(=O)NC(=O)NC3=O)[C@H]2[C@H](C)O1. The second kappa shape index (κ2) is 5.75. The Labute approximate surface area is 157 Å². The lowest BCUT2D eigenvalue weighted by Crippen LogP contribution is -2.75. The predicted octanol–water partition coefficient (Wildman–Crippen LogP) is 1.48. The number of anilines is 1. The van der Waals surface area contributed by atoms with Gasteiger partial charge in [0.05, 0.1) is 22.7 Å². The number of fused-ring (bicyclic) bond motifs is 4. The third-order valence-corrected chi connectivity index (χ3v) is 5.96. The Morgan fingerprint density at radius 2 is 1.88 bits per heavy atom. The highest BCUT2D eigenvalue weighted by atomic mass is 79.9. The molecule has 7 nitrogen and oxygen atoms in total. The number of imide groups is 2. The van der Waals surface area contributed by atoms with Crippen molar-refractivity contribution in [2.45, 2.75) is 38.5 Å². The van der Waals surface area contributed by atoms with Crippen LogP contribution >= 0.6 is 15.9 Å². The zero-order valence-electron chi connectivity index (χ0n) is 14.1. The van der Waals surface area contributed by atoms with Crippen LogP contribution in [-0.4, -0.2) is 42.6 Å². The lowest BCUT2D eigenvalue weighted by molar-refractivity contribution is -0.153. The molecule has 0 bridgehead atoms. The number of carbonyl (C=O) groups is 3. The normalized spacial score (nSPS) is 29.8. The summed E-state index contributed by atoms with van der Waals surface area (Å²) in [7, 11) is 0. The molecule has 3 aliphatic rings. The van der Waals surface area contributed by atoms with Gasteiger partial charge in [-0.25, -0.2) is 9.18 Å². The second-order valence-electron chi connectivity index (χ2n) is 7.03. The molecule has 3 aliphatic heterocycles. The Morgan fingerprint density at radius 3 is 2.54 bits per heavy atom. The Bertz CT molecular complexity index is 826. The van der Waals surface area contributed by atoms with Crippen molar-refractivity contribution < 1.29 is 23.5 Å². The van der Waals surface area contributed by atoms with Crippen molar-refractivity contribution in [1.82, 2.24) is 10.6 Å². The molecule has 26 heavy (non-hydrogen) atoms. The maximum atomic E-state index is 14.2. The number of morpholine rings is 1. The molecule has 2 saturated heterocycles. The summed E-state index contributed by atoms with van der Waals surface area (Å²) < 4.78 is 20.3. The van der Waals surface area contributed by atoms with E-state index < -0.39 is 41.2 Å². The van der Waals surface area contributed by atoms with Gasteiger partial charge in [0.25, 0.3) is 0 Å². The van der Waals surface area contributed by atoms with Crippen LogP contribution in [0.15, 0.2) is 16.6 Å². The molecule has 2 fully saturated rings. The molecule has 1 aromatic carbocycles. The number of amides is 4. The molecule has 1 aromatic rings. The number of ether oxygens (including phenoxy) is 1. The van der Waals surface area contributed by atoms with Gasteiger partial charge in [0.2, 0.25) is 11.8 Å². The second-order valence-corrected chi connectivity index (χ2v) is 7.88. The molecule has 3 atom stereocenters. The largest absolute Gasteiger partial charge is 0.372 e. The van der Waals surface area contributed by atoms with Crippen LogP contribution in [0, 0.1) is 11.2 Å². The van der Waals surface area contributed by atoms with E-state index in [0.717, 1.165) is 0 Å². The number of urea groups is 1. The van der Waals surface area contributed by atoms with E-state index in [1.165, 1.54) is 6.07 Å². The predicted molar refractivity (Wildman–Crippen MR) is 93.1 cm³/mol. The van der Waals surface area contributed by atoms with Crippen LogP contribution in [0.5, 0.6) is 0 Å². The highest BCUT2D eigenvalue weighted by molar-refractivity contribution is 9.10. The molecule has 4 amide bonds. The summed E-state index contributed by atoms with van der Waals surface area (Å²) in [4.78, 5) is 39.2. The van der Waals surface area contributed by atoms with E-state index >= 15 is 0 Å². The molecule has 138 valence electrons. The minimum absolute atomic E-state index is 0.0510. The molecule has 4 rings (SSSR count). The number of carbonyl (C=O) groups excluding carboxylic acids is 3. The fourth-order valence-electron chi connectivity index (χ4n) is 4.43. The van der Waals surface area contributed by atoms with Crippen molar-refractivity contribution in [3.05, 3.63) is 28.0 Å². The number of halogens is 2. The number of nitrogens with one attached hydrogen (secondary N) is 2. The van der Waals surface area contributed by atoms with Crippen molar-refractivity contribution in [2.24, 2.45) is 5.41 Å². The molecule has 1 spiro atoms. The van der Waals surface area contributed by atoms with E-state index in [2.05, 4.69) is 26.6 Å². The quantitative estimate of drug-likeness (QED) is 0.614. The molecule has 2 N–H and O–H groups in total. The average molecular weight is 426 g/mol. The van der Waals surface area contributed by atoms with E-state index in [0.29, 0.717) is 17.8 Å². The summed E-state index contributed by atoms with van der Waals surface area (Å²) >= 11 is 3.16. The van der Waals surface area contributed by atoms with Gasteiger partial charge in [-0.2, -0.15) is 0 Å². The van der Waals surface area contributed by atoms with Crippen LogP contribution in [0.4, 0.5) is 14.9 Å². The molecular formula is C17H17BrFN3O4. The number of nitrogens with zero attached hydrogens (tertiary/aromatic N) is 1. The van der Waals surface area contributed by atoms with Crippen LogP contribution in [-0.2, 0) is 20.7 Å². The molecule has 0 unspecified atom stereocenters. The summed E-state index contributed by atoms with van der Waals surface area (Å²) in [6, 6.07) is 1.51. The molecule has 0 saturated carbocycles. The van der Waals surface area contributed by atoms with Gasteiger partial charge in [-0.05, 0) is 53.9 Å². The zero-order valence-corrected chi connectivity index (χ0v) is 15.7. The minimum Gasteiger partial charge on any atom is -0.372 e. The van der Waals surface area contributed by atoms with Crippen LogP contribution in [0.3, 0.4) is 0 Å². The van der Waals surface area contributed by atoms with Crippen molar-refractivity contribution in [2.75, 3.05) is 11.4 Å². The first-order valence-electron chi connectivity index (χ1n) is 8.31. The highest BCUT2D eigenvalue weighted by Gasteiger charge is 2.62. The first-order valence-corrected chi connectivity index (χ1v) is 9.10. The first kappa shape index (κ1) is 17.4. The standard InChI is InChI=1S/C17H17BrFN3O4/c1-7-6-22-12-4-11(19)10(18)3-9(12)5-17(13(22)8(2)26-7)14(23)20-16(25)21-15(17)24/h3-4,7-8,13H,5-6H2,1-2H3,(H2,20,21,23,24,25)/t7-,8+,13-/m1/s1. The topological polar surface area (TPSA) is 87.7 Å². The maximum absolute atomic E-state index is 14.2. The van der Waals surface area contributed by atoms with E-state index in [1.54, 1.807) is 13.0 Å². The molecular weight excluding hydrogens is 409 g/mol. The molecule has 9 heteroatoms. The van der Waals surface area contributed by atoms with Crippen LogP contribution < -0.4 is 15.5 Å². The van der Waals surface area contributed by atoms with Gasteiger partial charge in [0, 0.05) is 12.2 Å². The fraction of sp³-hybridized carbons (Fsp3) is 0.471. The molecule has 3 heterocycles. The van der Waals surface area contributed by atoms with Crippen molar-refractivity contribution in [1.29, 1.82) is 0 Å². The van der Waals surface area contributed by atoms with Crippen LogP contribution in [0.1, 0.15) is 19.4 Å². The monoisotopic (exact) mass is 425 g/mol. The number of benzene rings is 1. The average Bonchev–Trinajstić information content (AvgIpc) is 2.53. The first-order chi connectivity index (χ1) is 12.2. The molecule has 0 aliphatic carbocycles. The lowest BCUT2D eigenvalue weighted by Gasteiger charge is -2.55. The van der Waals surface area contributed by atoms with E-state index in [1.807, 2.05) is 11.8 Å². The number of barbiturate groups is 1. The van der Waals surface area contributed by atoms with Crippen molar-refractivity contribution in [3.63, 3.8) is 0 Å². The van der Waals surface area contributed by atoms with Crippen LogP contribution in [0.2, 0.25) is 0 Å². The summed E-state index contributed by atoms with van der Waals surface area (Å²) in [6.07, 6.45) is -0.578. The van der Waals surface area contributed by atoms with E-state index in [9.17, 15) is 18.8 Å². The summed E-state index contributed by atoms with van der Waals surface area (Å²) in [5, 5.41) is 4.43. The third kappa shape index (κ3) is 2.30. The lowest BCUT2D eigenvalue weighted by atomic mass is 9.66. The van der Waals surface area contributed by atoms with Gasteiger partial charge < -0.3 is 9.64 Å². The fourth-order valence-corrected chi connectivity index (χ4v) is 4.82. The number of hydrogen-bond donors (Lipinski definition) is 2. The highest BCUT2D eigenvalue weighted by Crippen LogP contribution is 2.47. The Hall–Kier alpha value is -2.00. The zero-order chi connectivity index (χ0) is 18.8. The summed E-state index contributed by atoms with van der Waals surface area (Å²) in [5.41, 5.74) is -0.228. The van der Waals surface area contributed by atoms with Gasteiger partial charge in [0.15, 0.2) is 5.41 Å². The molecule has 0 aromatic heterocycles.